The number of carbonyl (C=O) groups excluding carboxylic acids is 1. The molecule has 0 bridgehead atoms. The van der Waals surface area contributed by atoms with Crippen LogP contribution < -0.4 is 0 Å². The number of piperazine rings is 1. The minimum absolute atomic E-state index is 0.0401. The zero-order valence-electron chi connectivity index (χ0n) is 11.9. The molecule has 0 aliphatic carbocycles. The van der Waals surface area contributed by atoms with E-state index in [0.717, 1.165) is 10.7 Å². The van der Waals surface area contributed by atoms with Crippen LogP contribution in [0.3, 0.4) is 0 Å². The maximum Gasteiger partial charge on any atom is 0.265 e. The van der Waals surface area contributed by atoms with Gasteiger partial charge in [-0.3, -0.25) is 4.79 Å². The van der Waals surface area contributed by atoms with E-state index in [2.05, 4.69) is 4.98 Å². The molecule has 1 amide bonds. The molecule has 0 N–H and O–H groups in total. The van der Waals surface area contributed by atoms with Crippen LogP contribution in [0, 0.1) is 13.8 Å². The maximum absolute atomic E-state index is 12.4. The van der Waals surface area contributed by atoms with E-state index in [-0.39, 0.29) is 11.7 Å². The van der Waals surface area contributed by atoms with Crippen molar-refractivity contribution < 1.29 is 13.2 Å². The summed E-state index contributed by atoms with van der Waals surface area (Å²) in [6.45, 7) is 6.96. The molecule has 2 heterocycles. The highest BCUT2D eigenvalue weighted by atomic mass is 32.2. The zero-order chi connectivity index (χ0) is 14.9. The molecule has 1 fully saturated rings. The molecule has 1 aromatic heterocycles. The largest absolute Gasteiger partial charge is 0.335 e. The van der Waals surface area contributed by atoms with Crippen molar-refractivity contribution in [2.45, 2.75) is 20.8 Å². The highest BCUT2D eigenvalue weighted by Gasteiger charge is 2.29. The van der Waals surface area contributed by atoms with Crippen molar-refractivity contribution in [1.82, 2.24) is 14.2 Å². The van der Waals surface area contributed by atoms with E-state index in [0.29, 0.717) is 31.1 Å². The van der Waals surface area contributed by atoms with Crippen LogP contribution in [0.5, 0.6) is 0 Å². The van der Waals surface area contributed by atoms with Crippen molar-refractivity contribution >= 4 is 27.3 Å². The van der Waals surface area contributed by atoms with Crippen molar-refractivity contribution in [2.24, 2.45) is 0 Å². The average molecular weight is 317 g/mol. The molecular formula is C12H19N3O3S2. The van der Waals surface area contributed by atoms with Crippen LogP contribution in [-0.2, 0) is 10.0 Å². The Bertz CT molecular complexity index is 601. The Morgan fingerprint density at radius 1 is 1.25 bits per heavy atom. The Balaban J connectivity index is 2.04. The van der Waals surface area contributed by atoms with Crippen LogP contribution in [0.15, 0.2) is 0 Å². The summed E-state index contributed by atoms with van der Waals surface area (Å²) in [5.41, 5.74) is 0.751. The molecule has 0 saturated carbocycles. The predicted octanol–water partition coefficient (Wildman–Crippen LogP) is 0.867. The first-order valence-electron chi connectivity index (χ1n) is 6.56. The summed E-state index contributed by atoms with van der Waals surface area (Å²) < 4.78 is 25.0. The lowest BCUT2D eigenvalue weighted by molar-refractivity contribution is 0.0702. The lowest BCUT2D eigenvalue weighted by atomic mass is 10.3. The van der Waals surface area contributed by atoms with E-state index in [4.69, 9.17) is 0 Å². The molecule has 2 rings (SSSR count). The Labute approximate surface area is 123 Å². The van der Waals surface area contributed by atoms with Gasteiger partial charge >= 0.3 is 0 Å². The van der Waals surface area contributed by atoms with E-state index in [1.807, 2.05) is 13.8 Å². The summed E-state index contributed by atoms with van der Waals surface area (Å²) in [6, 6.07) is 0. The van der Waals surface area contributed by atoms with Crippen LogP contribution in [0.25, 0.3) is 0 Å². The first-order valence-corrected chi connectivity index (χ1v) is 8.99. The van der Waals surface area contributed by atoms with Crippen LogP contribution in [0.2, 0.25) is 0 Å². The Kier molecular flexibility index (Phi) is 4.46. The van der Waals surface area contributed by atoms with Crippen LogP contribution >= 0.6 is 11.3 Å². The summed E-state index contributed by atoms with van der Waals surface area (Å²) in [6.07, 6.45) is 0. The second-order valence-corrected chi connectivity index (χ2v) is 8.20. The number of rotatable bonds is 3. The van der Waals surface area contributed by atoms with Crippen molar-refractivity contribution in [1.29, 1.82) is 0 Å². The van der Waals surface area contributed by atoms with Gasteiger partial charge in [-0.2, -0.15) is 4.31 Å². The number of nitrogens with zero attached hydrogens (tertiary/aromatic N) is 3. The molecule has 20 heavy (non-hydrogen) atoms. The predicted molar refractivity (Wildman–Crippen MR) is 78.5 cm³/mol. The van der Waals surface area contributed by atoms with Gasteiger partial charge in [-0.05, 0) is 20.8 Å². The molecule has 1 saturated heterocycles. The van der Waals surface area contributed by atoms with Gasteiger partial charge in [0.15, 0.2) is 0 Å². The van der Waals surface area contributed by atoms with Gasteiger partial charge in [0, 0.05) is 26.2 Å². The van der Waals surface area contributed by atoms with E-state index in [9.17, 15) is 13.2 Å². The maximum atomic E-state index is 12.4. The lowest BCUT2D eigenvalue weighted by Gasteiger charge is -2.33. The number of hydrogen-bond acceptors (Lipinski definition) is 5. The van der Waals surface area contributed by atoms with Crippen molar-refractivity contribution in [3.63, 3.8) is 0 Å². The highest BCUT2D eigenvalue weighted by Crippen LogP contribution is 2.20. The summed E-state index contributed by atoms with van der Waals surface area (Å²) >= 11 is 1.39. The van der Waals surface area contributed by atoms with E-state index >= 15 is 0 Å². The topological polar surface area (TPSA) is 70.6 Å². The van der Waals surface area contributed by atoms with Gasteiger partial charge in [0.25, 0.3) is 5.91 Å². The first-order chi connectivity index (χ1) is 9.35. The van der Waals surface area contributed by atoms with Gasteiger partial charge in [0.05, 0.1) is 16.5 Å². The molecule has 8 heteroatoms. The number of aromatic nitrogens is 1. The molecule has 1 aliphatic heterocycles. The lowest BCUT2D eigenvalue weighted by Crippen LogP contribution is -2.50. The minimum atomic E-state index is -3.15. The molecule has 1 aromatic rings. The third-order valence-electron chi connectivity index (χ3n) is 3.38. The first kappa shape index (κ1) is 15.4. The molecule has 112 valence electrons. The van der Waals surface area contributed by atoms with Crippen molar-refractivity contribution in [2.75, 3.05) is 31.9 Å². The molecule has 0 unspecified atom stereocenters. The fraction of sp³-hybridized carbons (Fsp3) is 0.667. The zero-order valence-corrected chi connectivity index (χ0v) is 13.6. The number of hydrogen-bond donors (Lipinski definition) is 0. The quantitative estimate of drug-likeness (QED) is 0.829. The standard InChI is InChI=1S/C12H19N3O3S2/c1-4-20(17,18)15-7-5-14(6-8-15)12(16)11-9(2)13-10(3)19-11/h4-8H2,1-3H3. The fourth-order valence-corrected chi connectivity index (χ4v) is 4.20. The minimum Gasteiger partial charge on any atom is -0.335 e. The van der Waals surface area contributed by atoms with Crippen LogP contribution in [0.1, 0.15) is 27.3 Å². The Morgan fingerprint density at radius 2 is 1.85 bits per heavy atom. The molecule has 0 spiro atoms. The Morgan fingerprint density at radius 3 is 2.30 bits per heavy atom. The number of sulfonamides is 1. The summed E-state index contributed by atoms with van der Waals surface area (Å²) in [5, 5.41) is 0.873. The molecule has 0 aromatic carbocycles. The third kappa shape index (κ3) is 3.02. The smallest absolute Gasteiger partial charge is 0.265 e. The van der Waals surface area contributed by atoms with Gasteiger partial charge < -0.3 is 4.90 Å². The second kappa shape index (κ2) is 5.79. The second-order valence-electron chi connectivity index (χ2n) is 4.74. The average Bonchev–Trinajstić information content (AvgIpc) is 2.77. The van der Waals surface area contributed by atoms with Crippen molar-refractivity contribution in [3.8, 4) is 0 Å². The molecule has 6 nitrogen and oxygen atoms in total. The Hall–Kier alpha value is -0.990. The SMILES string of the molecule is CCS(=O)(=O)N1CCN(C(=O)c2sc(C)nc2C)CC1. The number of thiazole rings is 1. The summed E-state index contributed by atoms with van der Waals surface area (Å²) in [7, 11) is -3.15. The molecule has 1 aliphatic rings. The van der Waals surface area contributed by atoms with Gasteiger partial charge in [0.1, 0.15) is 4.88 Å². The monoisotopic (exact) mass is 317 g/mol. The van der Waals surface area contributed by atoms with Crippen LogP contribution in [-0.4, -0.2) is 60.4 Å². The van der Waals surface area contributed by atoms with Gasteiger partial charge in [-0.15, -0.1) is 11.3 Å². The van der Waals surface area contributed by atoms with Gasteiger partial charge in [0.2, 0.25) is 10.0 Å². The van der Waals surface area contributed by atoms with E-state index < -0.39 is 10.0 Å². The highest BCUT2D eigenvalue weighted by molar-refractivity contribution is 7.89. The fourth-order valence-electron chi connectivity index (χ4n) is 2.23. The number of carbonyl (C=O) groups is 1. The van der Waals surface area contributed by atoms with Gasteiger partial charge in [-0.25, -0.2) is 13.4 Å². The van der Waals surface area contributed by atoms with Crippen molar-refractivity contribution in [3.05, 3.63) is 15.6 Å². The van der Waals surface area contributed by atoms with Crippen LogP contribution in [0.4, 0.5) is 0 Å². The third-order valence-corrected chi connectivity index (χ3v) is 6.32. The van der Waals surface area contributed by atoms with Gasteiger partial charge in [-0.1, -0.05) is 0 Å². The molecule has 0 radical (unpaired) electrons. The summed E-state index contributed by atoms with van der Waals surface area (Å²) in [4.78, 5) is 19.0. The number of amides is 1. The molecular weight excluding hydrogens is 298 g/mol. The normalized spacial score (nSPS) is 17.4. The molecule has 0 atom stereocenters. The number of aryl methyl sites for hydroxylation is 2. The summed E-state index contributed by atoms with van der Waals surface area (Å²) in [5.74, 6) is 0.0651. The van der Waals surface area contributed by atoms with E-state index in [1.165, 1.54) is 15.6 Å². The van der Waals surface area contributed by atoms with E-state index in [1.54, 1.807) is 11.8 Å².